The molecule has 1 aliphatic heterocycles. The van der Waals surface area contributed by atoms with Gasteiger partial charge < -0.3 is 19.3 Å². The molecule has 11 heteroatoms. The highest BCUT2D eigenvalue weighted by Gasteiger charge is 2.38. The first-order chi connectivity index (χ1) is 17.2. The summed E-state index contributed by atoms with van der Waals surface area (Å²) in [6, 6.07) is 14.6. The third kappa shape index (κ3) is 7.04. The summed E-state index contributed by atoms with van der Waals surface area (Å²) in [5.74, 6) is -2.76. The Morgan fingerprint density at radius 3 is 2.14 bits per heavy atom. The predicted molar refractivity (Wildman–Crippen MR) is 126 cm³/mol. The molecule has 1 saturated heterocycles. The minimum Gasteiger partial charge on any atom is -0.475 e. The van der Waals surface area contributed by atoms with Gasteiger partial charge in [-0.15, -0.1) is 0 Å². The molecule has 1 N–H and O–H groups in total. The number of hydrogen-bond acceptors (Lipinski definition) is 3. The molecule has 1 aromatic heterocycles. The third-order valence-corrected chi connectivity index (χ3v) is 6.62. The fraction of sp³-hybridized carbons (Fsp3) is 0.423. The van der Waals surface area contributed by atoms with Crippen LogP contribution in [0, 0.1) is 0 Å². The van der Waals surface area contributed by atoms with Crippen LogP contribution < -0.4 is 0 Å². The number of alkyl halides is 6. The second kappa shape index (κ2) is 11.1. The third-order valence-electron chi connectivity index (χ3n) is 6.62. The predicted octanol–water partition coefficient (Wildman–Crippen LogP) is 6.01. The van der Waals surface area contributed by atoms with Gasteiger partial charge in [-0.1, -0.05) is 30.3 Å². The molecular weight excluding hydrogens is 502 g/mol. The molecule has 3 aromatic rings. The van der Waals surface area contributed by atoms with Crippen molar-refractivity contribution in [2.75, 3.05) is 26.7 Å². The molecule has 0 radical (unpaired) electrons. The van der Waals surface area contributed by atoms with Crippen molar-refractivity contribution in [3.63, 3.8) is 0 Å². The summed E-state index contributed by atoms with van der Waals surface area (Å²) in [5.41, 5.74) is 1.65. The molecule has 0 saturated carbocycles. The van der Waals surface area contributed by atoms with Crippen molar-refractivity contribution >= 4 is 16.9 Å². The van der Waals surface area contributed by atoms with E-state index in [1.807, 2.05) is 24.3 Å². The Kier molecular flexibility index (Phi) is 8.59. The first-order valence-corrected chi connectivity index (χ1v) is 11.5. The van der Waals surface area contributed by atoms with Crippen molar-refractivity contribution in [3.05, 3.63) is 71.4 Å². The highest BCUT2D eigenvalue weighted by Crippen LogP contribution is 2.37. The summed E-state index contributed by atoms with van der Waals surface area (Å²) >= 11 is 0. The standard InChI is InChI=1S/C24H27F3N2O.C2HF3O2/c1-28-12-9-23(10-13-28,19-6-4-3-5-7-19)17-30-16-18-14-20(24(25,26)27)15-22-21(18)8-11-29(22)2;3-2(4,5)1(6)7/h3-8,11,14-15H,9-10,12-13,16-17H2,1-2H3;(H,6,7). The maximum Gasteiger partial charge on any atom is 0.490 e. The summed E-state index contributed by atoms with van der Waals surface area (Å²) in [6.45, 7) is 2.61. The van der Waals surface area contributed by atoms with E-state index >= 15 is 0 Å². The Hall–Kier alpha value is -3.05. The largest absolute Gasteiger partial charge is 0.490 e. The normalized spacial score (nSPS) is 16.3. The number of rotatable bonds is 5. The molecule has 0 aliphatic carbocycles. The minimum atomic E-state index is -5.08. The van der Waals surface area contributed by atoms with Crippen LogP contribution >= 0.6 is 0 Å². The smallest absolute Gasteiger partial charge is 0.475 e. The maximum atomic E-state index is 13.4. The van der Waals surface area contributed by atoms with E-state index in [-0.39, 0.29) is 12.0 Å². The van der Waals surface area contributed by atoms with Crippen LogP contribution in [0.2, 0.25) is 0 Å². The number of likely N-dealkylation sites (tertiary alicyclic amines) is 1. The summed E-state index contributed by atoms with van der Waals surface area (Å²) in [4.78, 5) is 11.2. The Bertz CT molecular complexity index is 1200. The number of aromatic nitrogens is 1. The number of benzene rings is 2. The molecule has 0 spiro atoms. The summed E-state index contributed by atoms with van der Waals surface area (Å²) in [7, 11) is 3.88. The number of aryl methyl sites for hydroxylation is 1. The van der Waals surface area contributed by atoms with Gasteiger partial charge in [-0.25, -0.2) is 4.79 Å². The van der Waals surface area contributed by atoms with E-state index in [1.165, 1.54) is 17.7 Å². The molecule has 0 unspecified atom stereocenters. The van der Waals surface area contributed by atoms with Gasteiger partial charge in [-0.2, -0.15) is 26.3 Å². The van der Waals surface area contributed by atoms with Gasteiger partial charge in [0.15, 0.2) is 0 Å². The molecule has 202 valence electrons. The van der Waals surface area contributed by atoms with Crippen LogP contribution in [0.4, 0.5) is 26.3 Å². The van der Waals surface area contributed by atoms with E-state index in [9.17, 15) is 26.3 Å². The van der Waals surface area contributed by atoms with Crippen LogP contribution in [0.1, 0.15) is 29.5 Å². The second-order valence-electron chi connectivity index (χ2n) is 9.24. The van der Waals surface area contributed by atoms with Gasteiger partial charge in [-0.3, -0.25) is 0 Å². The lowest BCUT2D eigenvalue weighted by molar-refractivity contribution is -0.192. The minimum absolute atomic E-state index is 0.106. The van der Waals surface area contributed by atoms with Crippen molar-refractivity contribution in [2.24, 2.45) is 7.05 Å². The average molecular weight is 531 g/mol. The molecule has 0 atom stereocenters. The van der Waals surface area contributed by atoms with Crippen molar-refractivity contribution < 1.29 is 41.0 Å². The lowest BCUT2D eigenvalue weighted by Gasteiger charge is -2.41. The van der Waals surface area contributed by atoms with Gasteiger partial charge in [0.05, 0.1) is 18.8 Å². The highest BCUT2D eigenvalue weighted by molar-refractivity contribution is 5.84. The molecule has 1 fully saturated rings. The van der Waals surface area contributed by atoms with Gasteiger partial charge in [0.1, 0.15) is 0 Å². The maximum absolute atomic E-state index is 13.4. The summed E-state index contributed by atoms with van der Waals surface area (Å²) < 4.78 is 79.8. The van der Waals surface area contributed by atoms with E-state index in [0.29, 0.717) is 17.7 Å². The Morgan fingerprint density at radius 2 is 1.59 bits per heavy atom. The molecule has 2 aromatic carbocycles. The molecule has 0 bridgehead atoms. The lowest BCUT2D eigenvalue weighted by atomic mass is 9.73. The van der Waals surface area contributed by atoms with E-state index in [2.05, 4.69) is 24.1 Å². The quantitative estimate of drug-likeness (QED) is 0.411. The second-order valence-corrected chi connectivity index (χ2v) is 9.24. The molecule has 0 amide bonds. The van der Waals surface area contributed by atoms with Gasteiger partial charge in [0.25, 0.3) is 0 Å². The number of carboxylic acids is 1. The van der Waals surface area contributed by atoms with Crippen molar-refractivity contribution in [1.82, 2.24) is 9.47 Å². The van der Waals surface area contributed by atoms with E-state index < -0.39 is 23.9 Å². The number of fused-ring (bicyclic) bond motifs is 1. The summed E-state index contributed by atoms with van der Waals surface area (Å²) in [6.07, 6.45) is -5.74. The van der Waals surface area contributed by atoms with Crippen LogP contribution in [0.25, 0.3) is 10.9 Å². The van der Waals surface area contributed by atoms with Crippen LogP contribution in [0.3, 0.4) is 0 Å². The molecule has 5 nitrogen and oxygen atoms in total. The zero-order valence-electron chi connectivity index (χ0n) is 20.4. The first-order valence-electron chi connectivity index (χ1n) is 11.5. The number of halogens is 6. The van der Waals surface area contributed by atoms with Gasteiger partial charge in [0.2, 0.25) is 0 Å². The highest BCUT2D eigenvalue weighted by atomic mass is 19.4. The van der Waals surface area contributed by atoms with Crippen LogP contribution in [0.15, 0.2) is 54.7 Å². The van der Waals surface area contributed by atoms with Gasteiger partial charge in [-0.05, 0) is 62.3 Å². The number of ether oxygens (including phenoxy) is 1. The first kappa shape index (κ1) is 28.5. The molecule has 4 rings (SSSR count). The number of hydrogen-bond donors (Lipinski definition) is 1. The van der Waals surface area contributed by atoms with Crippen LogP contribution in [-0.2, 0) is 34.8 Å². The number of nitrogens with zero attached hydrogens (tertiary/aromatic N) is 2. The molecular formula is C26H28F6N2O3. The average Bonchev–Trinajstić information content (AvgIpc) is 3.21. The van der Waals surface area contributed by atoms with Crippen molar-refractivity contribution in [3.8, 4) is 0 Å². The lowest BCUT2D eigenvalue weighted by Crippen LogP contribution is -2.43. The Labute approximate surface area is 210 Å². The monoisotopic (exact) mass is 530 g/mol. The van der Waals surface area contributed by atoms with Crippen LogP contribution in [0.5, 0.6) is 0 Å². The SMILES string of the molecule is CN1CCC(COCc2cc(C(F)(F)F)cc3c2ccn3C)(c2ccccc2)CC1.O=C(O)C(F)(F)F. The number of carbonyl (C=O) groups is 1. The Balaban J connectivity index is 0.000000479. The zero-order chi connectivity index (χ0) is 27.4. The van der Waals surface area contributed by atoms with Crippen molar-refractivity contribution in [1.29, 1.82) is 0 Å². The molecule has 1 aliphatic rings. The van der Waals surface area contributed by atoms with Gasteiger partial charge >= 0.3 is 18.3 Å². The fourth-order valence-electron chi connectivity index (χ4n) is 4.44. The number of carboxylic acid groups (broad SMARTS) is 1. The molecule has 2 heterocycles. The zero-order valence-corrected chi connectivity index (χ0v) is 20.4. The number of aliphatic carboxylic acids is 1. The van der Waals surface area contributed by atoms with Gasteiger partial charge in [0, 0.05) is 29.6 Å². The number of piperidine rings is 1. The van der Waals surface area contributed by atoms with E-state index in [1.54, 1.807) is 17.8 Å². The summed E-state index contributed by atoms with van der Waals surface area (Å²) in [5, 5.41) is 7.93. The van der Waals surface area contributed by atoms with Crippen LogP contribution in [-0.4, -0.2) is 53.5 Å². The van der Waals surface area contributed by atoms with E-state index in [0.717, 1.165) is 31.3 Å². The Morgan fingerprint density at radius 1 is 1.00 bits per heavy atom. The van der Waals surface area contributed by atoms with Crippen molar-refractivity contribution in [2.45, 2.75) is 37.2 Å². The topological polar surface area (TPSA) is 54.7 Å². The molecule has 37 heavy (non-hydrogen) atoms. The van der Waals surface area contributed by atoms with E-state index in [4.69, 9.17) is 14.6 Å². The fourth-order valence-corrected chi connectivity index (χ4v) is 4.44.